The van der Waals surface area contributed by atoms with Crippen LogP contribution in [0.1, 0.15) is 25.0 Å². The highest BCUT2D eigenvalue weighted by Crippen LogP contribution is 2.39. The fourth-order valence-corrected chi connectivity index (χ4v) is 3.11. The molecule has 1 atom stereocenters. The molecule has 0 aromatic heterocycles. The molecule has 1 N–H and O–H groups in total. The number of nitrogens with one attached hydrogen (secondary N) is 1. The lowest BCUT2D eigenvalue weighted by Crippen LogP contribution is -2.34. The summed E-state index contributed by atoms with van der Waals surface area (Å²) in [6.45, 7) is 3.80. The lowest BCUT2D eigenvalue weighted by atomic mass is 9.85. The average molecular weight is 306 g/mol. The second-order valence-electron chi connectivity index (χ2n) is 5.62. The Morgan fingerprint density at radius 3 is 1.87 bits per heavy atom. The molecule has 2 aromatic rings. The van der Waals surface area contributed by atoms with Gasteiger partial charge in [-0.25, -0.2) is 0 Å². The molecule has 0 radical (unpaired) electrons. The second-order valence-corrected chi connectivity index (χ2v) is 5.62. The first-order valence-electron chi connectivity index (χ1n) is 7.56. The molecule has 0 amide bonds. The molecule has 1 unspecified atom stereocenters. The molecule has 0 spiro atoms. The lowest BCUT2D eigenvalue weighted by Gasteiger charge is -2.27. The molecule has 4 nitrogen and oxygen atoms in total. The van der Waals surface area contributed by atoms with Crippen molar-refractivity contribution in [2.45, 2.75) is 19.9 Å². The maximum absolute atomic E-state index is 11.7. The highest BCUT2D eigenvalue weighted by atomic mass is 16.6. The zero-order valence-electron chi connectivity index (χ0n) is 13.1. The quantitative estimate of drug-likeness (QED) is 0.686. The third kappa shape index (κ3) is 2.75. The van der Waals surface area contributed by atoms with Crippen LogP contribution in [0.4, 0.5) is 0 Å². The first-order chi connectivity index (χ1) is 11.1. The van der Waals surface area contributed by atoms with Crippen LogP contribution in [-0.4, -0.2) is 11.0 Å². The van der Waals surface area contributed by atoms with Gasteiger partial charge in [0.25, 0.3) is 5.70 Å². The van der Waals surface area contributed by atoms with Crippen LogP contribution in [-0.2, 0) is 0 Å². The van der Waals surface area contributed by atoms with E-state index in [0.29, 0.717) is 5.57 Å². The molecule has 23 heavy (non-hydrogen) atoms. The van der Waals surface area contributed by atoms with E-state index < -0.39 is 0 Å². The van der Waals surface area contributed by atoms with Gasteiger partial charge in [0.05, 0.1) is 10.5 Å². The van der Waals surface area contributed by atoms with E-state index in [1.54, 1.807) is 0 Å². The van der Waals surface area contributed by atoms with Gasteiger partial charge >= 0.3 is 0 Å². The van der Waals surface area contributed by atoms with Gasteiger partial charge in [-0.1, -0.05) is 60.7 Å². The van der Waals surface area contributed by atoms with Gasteiger partial charge in [-0.3, -0.25) is 10.1 Å². The van der Waals surface area contributed by atoms with Crippen LogP contribution in [0.15, 0.2) is 72.1 Å². The molecule has 2 aromatic carbocycles. The van der Waals surface area contributed by atoms with Crippen LogP contribution in [0, 0.1) is 10.1 Å². The third-order valence-electron chi connectivity index (χ3n) is 4.05. The zero-order valence-corrected chi connectivity index (χ0v) is 13.1. The Morgan fingerprint density at radius 2 is 1.39 bits per heavy atom. The van der Waals surface area contributed by atoms with Crippen molar-refractivity contribution in [1.29, 1.82) is 0 Å². The zero-order chi connectivity index (χ0) is 16.4. The number of nitrogens with zero attached hydrogens (tertiary/aromatic N) is 1. The molecule has 4 heteroatoms. The van der Waals surface area contributed by atoms with Gasteiger partial charge < -0.3 is 5.32 Å². The summed E-state index contributed by atoms with van der Waals surface area (Å²) in [5.41, 5.74) is 4.59. The molecule has 1 aliphatic rings. The van der Waals surface area contributed by atoms with Crippen LogP contribution < -0.4 is 5.32 Å². The van der Waals surface area contributed by atoms with E-state index in [1.807, 2.05) is 74.5 Å². The molecule has 0 fully saturated rings. The summed E-state index contributed by atoms with van der Waals surface area (Å²) in [4.78, 5) is 11.4. The van der Waals surface area contributed by atoms with Crippen molar-refractivity contribution < 1.29 is 4.92 Å². The van der Waals surface area contributed by atoms with Crippen LogP contribution in [0.3, 0.4) is 0 Å². The Labute approximate surface area is 135 Å². The fourth-order valence-electron chi connectivity index (χ4n) is 3.11. The Hall–Kier alpha value is -2.88. The van der Waals surface area contributed by atoms with Crippen LogP contribution in [0.2, 0.25) is 0 Å². The normalized spacial score (nSPS) is 17.9. The Morgan fingerprint density at radius 1 is 0.913 bits per heavy atom. The number of hydrogen-bond acceptors (Lipinski definition) is 3. The molecule has 1 aliphatic heterocycles. The van der Waals surface area contributed by atoms with E-state index in [1.165, 1.54) is 0 Å². The number of benzene rings is 2. The van der Waals surface area contributed by atoms with Gasteiger partial charge in [0.2, 0.25) is 0 Å². The highest BCUT2D eigenvalue weighted by Gasteiger charge is 2.34. The first-order valence-corrected chi connectivity index (χ1v) is 7.56. The largest absolute Gasteiger partial charge is 0.376 e. The van der Waals surface area contributed by atoms with Crippen molar-refractivity contribution >= 4 is 11.1 Å². The summed E-state index contributed by atoms with van der Waals surface area (Å²) < 4.78 is 0. The van der Waals surface area contributed by atoms with Crippen molar-refractivity contribution in [3.05, 3.63) is 93.3 Å². The average Bonchev–Trinajstić information content (AvgIpc) is 2.55. The van der Waals surface area contributed by atoms with Gasteiger partial charge in [-0.05, 0) is 25.0 Å². The predicted molar refractivity (Wildman–Crippen MR) is 92.0 cm³/mol. The van der Waals surface area contributed by atoms with E-state index in [4.69, 9.17) is 0 Å². The van der Waals surface area contributed by atoms with Gasteiger partial charge in [0.15, 0.2) is 0 Å². The summed E-state index contributed by atoms with van der Waals surface area (Å²) in [7, 11) is 0. The number of rotatable bonds is 3. The SMILES string of the molecule is CC1=C(c2ccccc2)C(c2ccccc2)=C([N+](=O)[O-])C(C)N1. The summed E-state index contributed by atoms with van der Waals surface area (Å²) in [5, 5.41) is 15.0. The molecule has 116 valence electrons. The number of allylic oxidation sites excluding steroid dienone is 3. The van der Waals surface area contributed by atoms with Crippen molar-refractivity contribution in [2.75, 3.05) is 0 Å². The molecule has 0 saturated heterocycles. The third-order valence-corrected chi connectivity index (χ3v) is 4.05. The number of hydrogen-bond donors (Lipinski definition) is 1. The van der Waals surface area contributed by atoms with E-state index in [0.717, 1.165) is 22.4 Å². The smallest absolute Gasteiger partial charge is 0.276 e. The minimum atomic E-state index is -0.340. The lowest BCUT2D eigenvalue weighted by molar-refractivity contribution is -0.428. The molecule has 1 heterocycles. The van der Waals surface area contributed by atoms with Crippen LogP contribution in [0.5, 0.6) is 0 Å². The highest BCUT2D eigenvalue weighted by molar-refractivity contribution is 6.07. The van der Waals surface area contributed by atoms with Gasteiger partial charge in [0.1, 0.15) is 6.04 Å². The predicted octanol–water partition coefficient (Wildman–Crippen LogP) is 4.10. The Bertz CT molecular complexity index is 793. The summed E-state index contributed by atoms with van der Waals surface area (Å²) in [5.74, 6) is 0. The molecular weight excluding hydrogens is 288 g/mol. The topological polar surface area (TPSA) is 55.2 Å². The van der Waals surface area contributed by atoms with Crippen molar-refractivity contribution in [3.63, 3.8) is 0 Å². The van der Waals surface area contributed by atoms with Crippen LogP contribution >= 0.6 is 0 Å². The molecular formula is C19H18N2O2. The van der Waals surface area contributed by atoms with Crippen molar-refractivity contribution in [1.82, 2.24) is 5.32 Å². The minimum Gasteiger partial charge on any atom is -0.376 e. The van der Waals surface area contributed by atoms with E-state index in [-0.39, 0.29) is 16.7 Å². The first kappa shape index (κ1) is 15.0. The van der Waals surface area contributed by atoms with Gasteiger partial charge in [-0.15, -0.1) is 0 Å². The Kier molecular flexibility index (Phi) is 3.98. The monoisotopic (exact) mass is 306 g/mol. The van der Waals surface area contributed by atoms with Crippen LogP contribution in [0.25, 0.3) is 11.1 Å². The van der Waals surface area contributed by atoms with Gasteiger partial charge in [-0.2, -0.15) is 0 Å². The molecule has 0 bridgehead atoms. The van der Waals surface area contributed by atoms with Crippen molar-refractivity contribution in [2.24, 2.45) is 0 Å². The van der Waals surface area contributed by atoms with E-state index >= 15 is 0 Å². The van der Waals surface area contributed by atoms with E-state index in [9.17, 15) is 10.1 Å². The molecule has 0 saturated carbocycles. The summed E-state index contributed by atoms with van der Waals surface area (Å²) >= 11 is 0. The molecule has 0 aliphatic carbocycles. The number of dihydropyridines is 1. The van der Waals surface area contributed by atoms with E-state index in [2.05, 4.69) is 5.32 Å². The maximum Gasteiger partial charge on any atom is 0.276 e. The molecule has 3 rings (SSSR count). The number of nitro groups is 1. The standard InChI is InChI=1S/C19H18N2O2/c1-13-17(15-9-5-3-6-10-15)18(16-11-7-4-8-12-16)19(21(22)23)14(2)20-13/h3-12,14,20H,1-2H3. The fraction of sp³-hybridized carbons (Fsp3) is 0.158. The second kappa shape index (κ2) is 6.08. The van der Waals surface area contributed by atoms with Gasteiger partial charge in [0, 0.05) is 11.3 Å². The minimum absolute atomic E-state index is 0.209. The summed E-state index contributed by atoms with van der Waals surface area (Å²) in [6.07, 6.45) is 0. The van der Waals surface area contributed by atoms with Crippen molar-refractivity contribution in [3.8, 4) is 0 Å². The maximum atomic E-state index is 11.7. The Balaban J connectivity index is 2.31. The summed E-state index contributed by atoms with van der Waals surface area (Å²) in [6, 6.07) is 19.0.